The Labute approximate surface area is 81.2 Å². The minimum Gasteiger partial charge on any atom is -0.395 e. The molecule has 0 aromatic carbocycles. The van der Waals surface area contributed by atoms with Gasteiger partial charge in [0.1, 0.15) is 5.01 Å². The minimum absolute atomic E-state index is 0.190. The van der Waals surface area contributed by atoms with Crippen LogP contribution in [-0.4, -0.2) is 34.5 Å². The predicted molar refractivity (Wildman–Crippen MR) is 52.1 cm³/mol. The van der Waals surface area contributed by atoms with Gasteiger partial charge in [-0.05, 0) is 19.8 Å². The van der Waals surface area contributed by atoms with E-state index < -0.39 is 0 Å². The molecule has 1 N–H and O–H groups in total. The molecule has 5 heteroatoms. The summed E-state index contributed by atoms with van der Waals surface area (Å²) >= 11 is 1.60. The van der Waals surface area contributed by atoms with Gasteiger partial charge in [0.05, 0.1) is 6.61 Å². The van der Waals surface area contributed by atoms with E-state index in [1.165, 1.54) is 12.8 Å². The van der Waals surface area contributed by atoms with Crippen LogP contribution in [-0.2, 0) is 0 Å². The number of aliphatic hydroxyl groups excluding tert-OH is 1. The standard InChI is InChI=1S/C8H13N3OS/c1-6-9-10-8(13-6)11(4-5-12)7-2-3-7/h7,12H,2-5H2,1H3. The fraction of sp³-hybridized carbons (Fsp3) is 0.750. The average Bonchev–Trinajstić information content (AvgIpc) is 2.85. The molecule has 1 fully saturated rings. The lowest BCUT2D eigenvalue weighted by Crippen LogP contribution is -2.28. The number of rotatable bonds is 4. The lowest BCUT2D eigenvalue weighted by molar-refractivity contribution is 0.301. The molecule has 4 nitrogen and oxygen atoms in total. The Bertz CT molecular complexity index is 285. The Morgan fingerprint density at radius 1 is 1.54 bits per heavy atom. The van der Waals surface area contributed by atoms with Crippen LogP contribution in [0.2, 0.25) is 0 Å². The molecule has 72 valence electrons. The molecule has 1 aromatic rings. The Morgan fingerprint density at radius 2 is 2.31 bits per heavy atom. The maximum Gasteiger partial charge on any atom is 0.208 e. The maximum atomic E-state index is 8.90. The van der Waals surface area contributed by atoms with Crippen LogP contribution >= 0.6 is 11.3 Å². The van der Waals surface area contributed by atoms with Gasteiger partial charge < -0.3 is 10.0 Å². The van der Waals surface area contributed by atoms with Gasteiger partial charge in [0.15, 0.2) is 0 Å². The van der Waals surface area contributed by atoms with Crippen LogP contribution in [0.25, 0.3) is 0 Å². The van der Waals surface area contributed by atoms with E-state index in [9.17, 15) is 0 Å². The van der Waals surface area contributed by atoms with Crippen LogP contribution in [0.1, 0.15) is 17.8 Å². The highest BCUT2D eigenvalue weighted by Gasteiger charge is 2.30. The fourth-order valence-electron chi connectivity index (χ4n) is 1.33. The number of anilines is 1. The van der Waals surface area contributed by atoms with E-state index in [1.807, 2.05) is 6.92 Å². The second-order valence-electron chi connectivity index (χ2n) is 3.25. The lowest BCUT2D eigenvalue weighted by Gasteiger charge is -2.18. The van der Waals surface area contributed by atoms with Crippen molar-refractivity contribution >= 4 is 16.5 Å². The summed E-state index contributed by atoms with van der Waals surface area (Å²) in [5.74, 6) is 0. The molecule has 0 radical (unpaired) electrons. The quantitative estimate of drug-likeness (QED) is 0.779. The number of aliphatic hydroxyl groups is 1. The van der Waals surface area contributed by atoms with E-state index in [2.05, 4.69) is 15.1 Å². The number of aryl methyl sites for hydroxylation is 1. The van der Waals surface area contributed by atoms with Crippen LogP contribution in [0.3, 0.4) is 0 Å². The van der Waals surface area contributed by atoms with E-state index >= 15 is 0 Å². The monoisotopic (exact) mass is 199 g/mol. The molecule has 13 heavy (non-hydrogen) atoms. The molecule has 1 aliphatic carbocycles. The number of hydrogen-bond acceptors (Lipinski definition) is 5. The van der Waals surface area contributed by atoms with Crippen molar-refractivity contribution in [2.45, 2.75) is 25.8 Å². The molecular weight excluding hydrogens is 186 g/mol. The normalized spacial score (nSPS) is 16.2. The Kier molecular flexibility index (Phi) is 2.46. The van der Waals surface area contributed by atoms with E-state index in [0.29, 0.717) is 12.6 Å². The summed E-state index contributed by atoms with van der Waals surface area (Å²) in [7, 11) is 0. The van der Waals surface area contributed by atoms with Gasteiger partial charge in [0.2, 0.25) is 5.13 Å². The van der Waals surface area contributed by atoms with Gasteiger partial charge in [-0.25, -0.2) is 0 Å². The molecule has 1 heterocycles. The fourth-order valence-corrected chi connectivity index (χ4v) is 2.12. The summed E-state index contributed by atoms with van der Waals surface area (Å²) in [6.45, 7) is 2.82. The lowest BCUT2D eigenvalue weighted by atomic mass is 10.5. The van der Waals surface area contributed by atoms with Crippen molar-refractivity contribution < 1.29 is 5.11 Å². The average molecular weight is 199 g/mol. The summed E-state index contributed by atoms with van der Waals surface area (Å²) < 4.78 is 0. The van der Waals surface area contributed by atoms with Crippen molar-refractivity contribution in [3.05, 3.63) is 5.01 Å². The van der Waals surface area contributed by atoms with Crippen LogP contribution in [0.5, 0.6) is 0 Å². The van der Waals surface area contributed by atoms with Crippen LogP contribution in [0.4, 0.5) is 5.13 Å². The molecule has 0 atom stereocenters. The van der Waals surface area contributed by atoms with E-state index in [4.69, 9.17) is 5.11 Å². The van der Waals surface area contributed by atoms with Gasteiger partial charge in [0, 0.05) is 12.6 Å². The molecule has 0 spiro atoms. The molecule has 1 saturated carbocycles. The number of aromatic nitrogens is 2. The van der Waals surface area contributed by atoms with Gasteiger partial charge in [-0.15, -0.1) is 10.2 Å². The van der Waals surface area contributed by atoms with Crippen molar-refractivity contribution in [3.63, 3.8) is 0 Å². The second kappa shape index (κ2) is 3.59. The molecule has 0 amide bonds. The molecule has 1 aliphatic rings. The molecule has 0 unspecified atom stereocenters. The van der Waals surface area contributed by atoms with Crippen LogP contribution in [0, 0.1) is 6.92 Å². The SMILES string of the molecule is Cc1nnc(N(CCO)C2CC2)s1. The zero-order chi connectivity index (χ0) is 9.26. The first-order chi connectivity index (χ1) is 6.31. The summed E-state index contributed by atoms with van der Waals surface area (Å²) in [5, 5.41) is 18.9. The predicted octanol–water partition coefficient (Wildman–Crippen LogP) is 0.808. The highest BCUT2D eigenvalue weighted by molar-refractivity contribution is 7.15. The number of nitrogens with zero attached hydrogens (tertiary/aromatic N) is 3. The van der Waals surface area contributed by atoms with Gasteiger partial charge in [0.25, 0.3) is 0 Å². The van der Waals surface area contributed by atoms with E-state index in [0.717, 1.165) is 10.1 Å². The topological polar surface area (TPSA) is 49.2 Å². The molecule has 1 aromatic heterocycles. The van der Waals surface area contributed by atoms with Crippen molar-refractivity contribution in [2.75, 3.05) is 18.1 Å². The maximum absolute atomic E-state index is 8.90. The molecule has 0 aliphatic heterocycles. The first-order valence-electron chi connectivity index (χ1n) is 4.49. The smallest absolute Gasteiger partial charge is 0.208 e. The molecule has 0 bridgehead atoms. The van der Waals surface area contributed by atoms with Crippen molar-refractivity contribution in [1.82, 2.24) is 10.2 Å². The third-order valence-electron chi connectivity index (χ3n) is 2.09. The first kappa shape index (κ1) is 8.90. The second-order valence-corrected chi connectivity index (χ2v) is 4.41. The van der Waals surface area contributed by atoms with E-state index in [-0.39, 0.29) is 6.61 Å². The summed E-state index contributed by atoms with van der Waals surface area (Å²) in [5.41, 5.74) is 0. The Balaban J connectivity index is 2.10. The largest absolute Gasteiger partial charge is 0.395 e. The van der Waals surface area contributed by atoms with Crippen LogP contribution in [0.15, 0.2) is 0 Å². The molecule has 0 saturated heterocycles. The minimum atomic E-state index is 0.190. The molecule has 2 rings (SSSR count). The van der Waals surface area contributed by atoms with Crippen molar-refractivity contribution in [1.29, 1.82) is 0 Å². The summed E-state index contributed by atoms with van der Waals surface area (Å²) in [6, 6.07) is 0.597. The Morgan fingerprint density at radius 3 is 2.77 bits per heavy atom. The molecular formula is C8H13N3OS. The number of hydrogen-bond donors (Lipinski definition) is 1. The zero-order valence-corrected chi connectivity index (χ0v) is 8.42. The van der Waals surface area contributed by atoms with Crippen molar-refractivity contribution in [3.8, 4) is 0 Å². The van der Waals surface area contributed by atoms with Gasteiger partial charge in [-0.3, -0.25) is 0 Å². The zero-order valence-electron chi connectivity index (χ0n) is 7.60. The Hall–Kier alpha value is -0.680. The van der Waals surface area contributed by atoms with Gasteiger partial charge >= 0.3 is 0 Å². The van der Waals surface area contributed by atoms with Crippen molar-refractivity contribution in [2.24, 2.45) is 0 Å². The summed E-state index contributed by atoms with van der Waals surface area (Å²) in [6.07, 6.45) is 2.44. The third-order valence-corrected chi connectivity index (χ3v) is 2.97. The summed E-state index contributed by atoms with van der Waals surface area (Å²) in [4.78, 5) is 2.16. The highest BCUT2D eigenvalue weighted by Crippen LogP contribution is 2.32. The van der Waals surface area contributed by atoms with Gasteiger partial charge in [-0.1, -0.05) is 11.3 Å². The third kappa shape index (κ3) is 1.97. The first-order valence-corrected chi connectivity index (χ1v) is 5.30. The van der Waals surface area contributed by atoms with E-state index in [1.54, 1.807) is 11.3 Å². The van der Waals surface area contributed by atoms with Crippen LogP contribution < -0.4 is 4.90 Å². The van der Waals surface area contributed by atoms with Gasteiger partial charge in [-0.2, -0.15) is 0 Å². The highest BCUT2D eigenvalue weighted by atomic mass is 32.1.